The fourth-order valence-corrected chi connectivity index (χ4v) is 9.56. The monoisotopic (exact) mass is 1140 g/mol. The molecule has 1 atom stereocenters. The number of unbranched alkanes of at least 4 members (excludes halogenated alkanes) is 31. The van der Waals surface area contributed by atoms with E-state index in [-0.39, 0.29) is 31.1 Å². The lowest BCUT2D eigenvalue weighted by Crippen LogP contribution is -2.30. The Morgan fingerprint density at radius 1 is 0.256 bits per heavy atom. The number of hydrogen-bond acceptors (Lipinski definition) is 6. The van der Waals surface area contributed by atoms with Crippen LogP contribution >= 0.6 is 0 Å². The zero-order chi connectivity index (χ0) is 59.2. The van der Waals surface area contributed by atoms with Crippen LogP contribution in [0, 0.1) is 0 Å². The van der Waals surface area contributed by atoms with Crippen LogP contribution in [0.25, 0.3) is 0 Å². The second kappa shape index (κ2) is 69.3. The molecular weight excluding hydrogens is 1010 g/mol. The van der Waals surface area contributed by atoms with Crippen molar-refractivity contribution < 1.29 is 28.6 Å². The molecule has 0 saturated heterocycles. The number of rotatable bonds is 62. The molecule has 0 heterocycles. The molecule has 0 aromatic rings. The second-order valence-electron chi connectivity index (χ2n) is 22.7. The Kier molecular flexibility index (Phi) is 65.8. The highest BCUT2D eigenvalue weighted by Gasteiger charge is 2.19. The van der Waals surface area contributed by atoms with Gasteiger partial charge in [-0.3, -0.25) is 14.4 Å². The first-order chi connectivity index (χ1) is 40.5. The summed E-state index contributed by atoms with van der Waals surface area (Å²) in [6.45, 7) is 6.38. The lowest BCUT2D eigenvalue weighted by atomic mass is 10.0. The molecular formula is C76H128O6. The van der Waals surface area contributed by atoms with Gasteiger partial charge in [-0.25, -0.2) is 0 Å². The van der Waals surface area contributed by atoms with E-state index in [1.807, 2.05) is 0 Å². The summed E-state index contributed by atoms with van der Waals surface area (Å²) in [5.41, 5.74) is 0. The molecule has 0 aliphatic carbocycles. The normalized spacial score (nSPS) is 12.9. The maximum absolute atomic E-state index is 12.9. The highest BCUT2D eigenvalue weighted by Crippen LogP contribution is 2.17. The van der Waals surface area contributed by atoms with Crippen molar-refractivity contribution in [2.24, 2.45) is 0 Å². The van der Waals surface area contributed by atoms with Gasteiger partial charge in [-0.15, -0.1) is 0 Å². The number of ether oxygens (including phenoxy) is 3. The van der Waals surface area contributed by atoms with Gasteiger partial charge in [0, 0.05) is 19.3 Å². The number of hydrogen-bond donors (Lipinski definition) is 0. The van der Waals surface area contributed by atoms with E-state index in [4.69, 9.17) is 14.2 Å². The highest BCUT2D eigenvalue weighted by molar-refractivity contribution is 5.71. The van der Waals surface area contributed by atoms with Crippen LogP contribution in [0.5, 0.6) is 0 Å². The maximum Gasteiger partial charge on any atom is 0.306 e. The van der Waals surface area contributed by atoms with Crippen molar-refractivity contribution in [3.05, 3.63) is 122 Å². The van der Waals surface area contributed by atoms with E-state index in [0.717, 1.165) is 141 Å². The van der Waals surface area contributed by atoms with Crippen LogP contribution in [0.15, 0.2) is 122 Å². The zero-order valence-electron chi connectivity index (χ0n) is 53.7. The molecule has 0 N–H and O–H groups in total. The first-order valence-electron chi connectivity index (χ1n) is 34.5. The Labute approximate surface area is 507 Å². The van der Waals surface area contributed by atoms with Gasteiger partial charge in [0.2, 0.25) is 0 Å². The molecule has 0 aromatic heterocycles. The number of carbonyl (C=O) groups is 3. The van der Waals surface area contributed by atoms with Gasteiger partial charge in [-0.05, 0) is 122 Å². The molecule has 0 saturated carbocycles. The van der Waals surface area contributed by atoms with E-state index >= 15 is 0 Å². The standard InChI is InChI=1S/C76H128O6/c1-4-7-10-13-16-19-22-25-28-30-32-34-35-36-37-38-39-40-41-43-44-46-48-51-54-57-60-63-66-69-75(78)81-72-73(71-80-74(77)68-65-62-59-56-53-50-27-24-21-18-15-12-9-6-3)82-76(79)70-67-64-61-58-55-52-49-47-45-42-33-31-29-26-23-20-17-14-11-8-5-2/h7-8,10-11,15-20,24-29,32-34,42,73H,4-6,9,12-14,21-23,30-31,35-41,43-72H2,1-3H3/b10-7-,11-8-,18-15-,19-16-,20-17-,27-24-,28-25-,29-26-,34-32-,42-33-. The first kappa shape index (κ1) is 77.8. The largest absolute Gasteiger partial charge is 0.462 e. The average molecular weight is 1140 g/mol. The van der Waals surface area contributed by atoms with Crippen LogP contribution in [0.4, 0.5) is 0 Å². The molecule has 82 heavy (non-hydrogen) atoms. The summed E-state index contributed by atoms with van der Waals surface area (Å²) in [5.74, 6) is -0.898. The Bertz CT molecular complexity index is 1690. The van der Waals surface area contributed by atoms with Crippen LogP contribution in [-0.2, 0) is 28.6 Å². The molecule has 0 amide bonds. The molecule has 6 heteroatoms. The Morgan fingerprint density at radius 2 is 0.476 bits per heavy atom. The summed E-state index contributed by atoms with van der Waals surface area (Å²) in [4.78, 5) is 38.4. The van der Waals surface area contributed by atoms with E-state index in [0.29, 0.717) is 19.3 Å². The summed E-state index contributed by atoms with van der Waals surface area (Å²) in [5, 5.41) is 0. The van der Waals surface area contributed by atoms with Gasteiger partial charge in [0.15, 0.2) is 6.10 Å². The molecule has 0 bridgehead atoms. The smallest absolute Gasteiger partial charge is 0.306 e. The Morgan fingerprint density at radius 3 is 0.744 bits per heavy atom. The number of esters is 3. The van der Waals surface area contributed by atoms with E-state index in [1.165, 1.54) is 141 Å². The summed E-state index contributed by atoms with van der Waals surface area (Å²) >= 11 is 0. The third-order valence-electron chi connectivity index (χ3n) is 14.7. The minimum Gasteiger partial charge on any atom is -0.462 e. The van der Waals surface area contributed by atoms with Gasteiger partial charge in [0.1, 0.15) is 13.2 Å². The first-order valence-corrected chi connectivity index (χ1v) is 34.5. The molecule has 0 spiro atoms. The Hall–Kier alpha value is -4.19. The third-order valence-corrected chi connectivity index (χ3v) is 14.7. The molecule has 0 aromatic carbocycles. The lowest BCUT2D eigenvalue weighted by Gasteiger charge is -2.18. The molecule has 1 unspecified atom stereocenters. The van der Waals surface area contributed by atoms with Gasteiger partial charge in [-0.1, -0.05) is 303 Å². The van der Waals surface area contributed by atoms with E-state index in [9.17, 15) is 14.4 Å². The SMILES string of the molecule is CC/C=C\C/C=C\C/C=C\C/C=C\CCCCCCCCCCCCCCCCCCC(=O)OCC(COC(=O)CCCCCCC/C=C\C/C=C\CCCC)OC(=O)CCCCCCCCCC/C=C\C/C=C\C/C=C\C/C=C\CC. The fraction of sp³-hybridized carbons (Fsp3) is 0.697. The third kappa shape index (κ3) is 66.6. The second-order valence-corrected chi connectivity index (χ2v) is 22.7. The summed E-state index contributed by atoms with van der Waals surface area (Å²) in [6.07, 6.45) is 96.5. The summed E-state index contributed by atoms with van der Waals surface area (Å²) in [6, 6.07) is 0. The van der Waals surface area contributed by atoms with Gasteiger partial charge in [0.05, 0.1) is 0 Å². The number of carbonyl (C=O) groups excluding carboxylic acids is 3. The van der Waals surface area contributed by atoms with Crippen molar-refractivity contribution in [3.63, 3.8) is 0 Å². The van der Waals surface area contributed by atoms with Crippen molar-refractivity contribution in [2.75, 3.05) is 13.2 Å². The number of allylic oxidation sites excluding steroid dienone is 20. The molecule has 0 fully saturated rings. The van der Waals surface area contributed by atoms with Crippen LogP contribution in [0.3, 0.4) is 0 Å². The van der Waals surface area contributed by atoms with Crippen LogP contribution in [-0.4, -0.2) is 37.2 Å². The van der Waals surface area contributed by atoms with Crippen LogP contribution < -0.4 is 0 Å². The maximum atomic E-state index is 12.9. The molecule has 0 aliphatic heterocycles. The molecule has 0 radical (unpaired) electrons. The Balaban J connectivity index is 4.29. The zero-order valence-corrected chi connectivity index (χ0v) is 53.7. The quantitative estimate of drug-likeness (QED) is 0.0261. The predicted molar refractivity (Wildman–Crippen MR) is 357 cm³/mol. The van der Waals surface area contributed by atoms with E-state index in [2.05, 4.69) is 142 Å². The lowest BCUT2D eigenvalue weighted by molar-refractivity contribution is -0.167. The van der Waals surface area contributed by atoms with Crippen LogP contribution in [0.2, 0.25) is 0 Å². The van der Waals surface area contributed by atoms with Crippen molar-refractivity contribution in [1.82, 2.24) is 0 Å². The topological polar surface area (TPSA) is 78.9 Å². The minimum atomic E-state index is -0.792. The minimum absolute atomic E-state index is 0.0858. The van der Waals surface area contributed by atoms with Gasteiger partial charge in [-0.2, -0.15) is 0 Å². The van der Waals surface area contributed by atoms with Gasteiger partial charge < -0.3 is 14.2 Å². The van der Waals surface area contributed by atoms with E-state index in [1.54, 1.807) is 0 Å². The average Bonchev–Trinajstić information content (AvgIpc) is 3.47. The molecule has 0 rings (SSSR count). The summed E-state index contributed by atoms with van der Waals surface area (Å²) in [7, 11) is 0. The summed E-state index contributed by atoms with van der Waals surface area (Å²) < 4.78 is 17.0. The van der Waals surface area contributed by atoms with Gasteiger partial charge >= 0.3 is 17.9 Å². The van der Waals surface area contributed by atoms with Crippen molar-refractivity contribution in [1.29, 1.82) is 0 Å². The van der Waals surface area contributed by atoms with Crippen LogP contribution in [0.1, 0.15) is 323 Å². The van der Waals surface area contributed by atoms with Crippen molar-refractivity contribution in [3.8, 4) is 0 Å². The molecule has 468 valence electrons. The predicted octanol–water partition coefficient (Wildman–Crippen LogP) is 23.9. The van der Waals surface area contributed by atoms with Crippen molar-refractivity contribution >= 4 is 17.9 Å². The highest BCUT2D eigenvalue weighted by atomic mass is 16.6. The van der Waals surface area contributed by atoms with Gasteiger partial charge in [0.25, 0.3) is 0 Å². The molecule has 0 aliphatic rings. The van der Waals surface area contributed by atoms with Crippen molar-refractivity contribution in [2.45, 2.75) is 329 Å². The fourth-order valence-electron chi connectivity index (χ4n) is 9.56. The van der Waals surface area contributed by atoms with E-state index < -0.39 is 6.10 Å². The molecule has 6 nitrogen and oxygen atoms in total.